The Bertz CT molecular complexity index is 1090. The quantitative estimate of drug-likeness (QED) is 0.268. The minimum absolute atomic E-state index is 0.0151. The number of para-hydroxylation sites is 1. The molecule has 2 atom stereocenters. The summed E-state index contributed by atoms with van der Waals surface area (Å²) in [6.45, 7) is 0.823. The Balaban J connectivity index is 1.76. The second kappa shape index (κ2) is 11.1. The molecule has 0 spiro atoms. The predicted octanol–water partition coefficient (Wildman–Crippen LogP) is 6.74. The van der Waals surface area contributed by atoms with Crippen molar-refractivity contribution in [3.8, 4) is 29.6 Å². The van der Waals surface area contributed by atoms with E-state index in [1.807, 2.05) is 44.2 Å². The summed E-state index contributed by atoms with van der Waals surface area (Å²) in [5, 5.41) is 0. The van der Waals surface area contributed by atoms with E-state index in [0.29, 0.717) is 22.6 Å². The van der Waals surface area contributed by atoms with E-state index in [1.54, 1.807) is 36.4 Å². The largest absolute Gasteiger partial charge is 0.457 e. The lowest BCUT2D eigenvalue weighted by Gasteiger charge is -2.22. The fraction of sp³-hybridized carbons (Fsp3) is 0.222. The monoisotopic (exact) mass is 450 g/mol. The molecule has 2 unspecified atom stereocenters. The van der Waals surface area contributed by atoms with Gasteiger partial charge in [-0.05, 0) is 47.9 Å². The molecule has 0 aliphatic rings. The SMILES string of the molecule is C#CC(OC(=O)C(c1ccc(OC(F)F)cc1)C(C)C)c1cccc(Oc2ccccc2)c1. The van der Waals surface area contributed by atoms with Crippen molar-refractivity contribution in [2.75, 3.05) is 0 Å². The van der Waals surface area contributed by atoms with Crippen LogP contribution in [0.4, 0.5) is 8.78 Å². The van der Waals surface area contributed by atoms with Crippen LogP contribution in [0, 0.1) is 18.3 Å². The zero-order valence-corrected chi connectivity index (χ0v) is 18.3. The molecule has 0 aliphatic carbocycles. The number of halogens is 2. The average Bonchev–Trinajstić information content (AvgIpc) is 2.79. The Hall–Kier alpha value is -3.85. The first kappa shape index (κ1) is 23.8. The van der Waals surface area contributed by atoms with Crippen molar-refractivity contribution in [2.45, 2.75) is 32.5 Å². The molecule has 0 radical (unpaired) electrons. The number of ether oxygens (including phenoxy) is 3. The summed E-state index contributed by atoms with van der Waals surface area (Å²) in [5.41, 5.74) is 1.22. The maximum Gasteiger partial charge on any atom is 0.387 e. The van der Waals surface area contributed by atoms with Gasteiger partial charge in [-0.15, -0.1) is 6.42 Å². The number of hydrogen-bond donors (Lipinski definition) is 0. The van der Waals surface area contributed by atoms with Gasteiger partial charge < -0.3 is 14.2 Å². The lowest BCUT2D eigenvalue weighted by atomic mass is 9.88. The lowest BCUT2D eigenvalue weighted by molar-refractivity contribution is -0.149. The summed E-state index contributed by atoms with van der Waals surface area (Å²) >= 11 is 0. The predicted molar refractivity (Wildman–Crippen MR) is 121 cm³/mol. The van der Waals surface area contributed by atoms with Crippen LogP contribution in [0.5, 0.6) is 17.2 Å². The Morgan fingerprint density at radius 3 is 2.12 bits per heavy atom. The molecule has 3 aromatic rings. The van der Waals surface area contributed by atoms with Crippen LogP contribution in [-0.2, 0) is 9.53 Å². The van der Waals surface area contributed by atoms with Crippen molar-refractivity contribution >= 4 is 5.97 Å². The molecule has 0 fully saturated rings. The molecule has 0 amide bonds. The molecular weight excluding hydrogens is 426 g/mol. The molecule has 3 rings (SSSR count). The smallest absolute Gasteiger partial charge is 0.387 e. The van der Waals surface area contributed by atoms with Crippen LogP contribution in [0.2, 0.25) is 0 Å². The van der Waals surface area contributed by atoms with Crippen LogP contribution in [0.25, 0.3) is 0 Å². The van der Waals surface area contributed by atoms with Crippen LogP contribution in [0.15, 0.2) is 78.9 Å². The van der Waals surface area contributed by atoms with Gasteiger partial charge in [0.05, 0.1) is 5.92 Å². The summed E-state index contributed by atoms with van der Waals surface area (Å²) in [4.78, 5) is 13.1. The standard InChI is InChI=1S/C27H24F2O4/c1-4-24(20-9-8-12-23(17-20)31-21-10-6-5-7-11-21)33-26(30)25(18(2)3)19-13-15-22(16-14-19)32-27(28)29/h1,5-18,24-25,27H,2-3H3. The highest BCUT2D eigenvalue weighted by atomic mass is 19.3. The molecule has 0 saturated heterocycles. The maximum absolute atomic E-state index is 13.1. The first-order chi connectivity index (χ1) is 15.9. The highest BCUT2D eigenvalue weighted by Crippen LogP contribution is 2.31. The lowest BCUT2D eigenvalue weighted by Crippen LogP contribution is -2.22. The number of rotatable bonds is 9. The topological polar surface area (TPSA) is 44.8 Å². The number of carbonyl (C=O) groups is 1. The van der Waals surface area contributed by atoms with Crippen LogP contribution >= 0.6 is 0 Å². The van der Waals surface area contributed by atoms with Gasteiger partial charge in [0.1, 0.15) is 17.2 Å². The zero-order valence-electron chi connectivity index (χ0n) is 18.3. The normalized spacial score (nSPS) is 12.6. The second-order valence-electron chi connectivity index (χ2n) is 7.64. The number of hydrogen-bond acceptors (Lipinski definition) is 4. The van der Waals surface area contributed by atoms with Gasteiger partial charge >= 0.3 is 12.6 Å². The summed E-state index contributed by atoms with van der Waals surface area (Å²) in [5.74, 6) is 2.50. The number of carbonyl (C=O) groups excluding carboxylic acids is 1. The van der Waals surface area contributed by atoms with Gasteiger partial charge in [-0.3, -0.25) is 4.79 Å². The molecule has 0 bridgehead atoms. The van der Waals surface area contributed by atoms with E-state index in [4.69, 9.17) is 15.9 Å². The second-order valence-corrected chi connectivity index (χ2v) is 7.64. The van der Waals surface area contributed by atoms with Crippen molar-refractivity contribution in [1.82, 2.24) is 0 Å². The number of esters is 1. The molecule has 0 heterocycles. The van der Waals surface area contributed by atoms with E-state index in [1.165, 1.54) is 12.1 Å². The third-order valence-electron chi connectivity index (χ3n) is 4.91. The maximum atomic E-state index is 13.1. The van der Waals surface area contributed by atoms with Crippen molar-refractivity contribution in [3.63, 3.8) is 0 Å². The van der Waals surface area contributed by atoms with E-state index in [9.17, 15) is 13.6 Å². The van der Waals surface area contributed by atoms with Crippen LogP contribution < -0.4 is 9.47 Å². The third kappa shape index (κ3) is 6.56. The Morgan fingerprint density at radius 2 is 1.52 bits per heavy atom. The average molecular weight is 450 g/mol. The summed E-state index contributed by atoms with van der Waals surface area (Å²) in [6, 6.07) is 22.3. The minimum Gasteiger partial charge on any atom is -0.457 e. The van der Waals surface area contributed by atoms with Crippen LogP contribution in [-0.4, -0.2) is 12.6 Å². The first-order valence-corrected chi connectivity index (χ1v) is 10.4. The van der Waals surface area contributed by atoms with Crippen molar-refractivity contribution in [2.24, 2.45) is 5.92 Å². The summed E-state index contributed by atoms with van der Waals surface area (Å²) in [7, 11) is 0. The molecule has 6 heteroatoms. The molecule has 0 aliphatic heterocycles. The van der Waals surface area contributed by atoms with E-state index >= 15 is 0 Å². The summed E-state index contributed by atoms with van der Waals surface area (Å²) < 4.78 is 40.7. The highest BCUT2D eigenvalue weighted by Gasteiger charge is 2.28. The van der Waals surface area contributed by atoms with Crippen molar-refractivity contribution < 1.29 is 27.8 Å². The molecule has 0 aromatic heterocycles. The third-order valence-corrected chi connectivity index (χ3v) is 4.91. The Labute approximate surface area is 192 Å². The van der Waals surface area contributed by atoms with E-state index in [0.717, 1.165) is 0 Å². The molecule has 170 valence electrons. The molecule has 0 N–H and O–H groups in total. The van der Waals surface area contributed by atoms with Gasteiger partial charge in [0.15, 0.2) is 6.10 Å². The van der Waals surface area contributed by atoms with Crippen LogP contribution in [0.3, 0.4) is 0 Å². The fourth-order valence-corrected chi connectivity index (χ4v) is 3.40. The van der Waals surface area contributed by atoms with Crippen molar-refractivity contribution in [3.05, 3.63) is 90.0 Å². The molecule has 4 nitrogen and oxygen atoms in total. The van der Waals surface area contributed by atoms with E-state index in [-0.39, 0.29) is 11.7 Å². The number of benzene rings is 3. The van der Waals surface area contributed by atoms with Gasteiger partial charge in [-0.1, -0.05) is 62.2 Å². The van der Waals surface area contributed by atoms with Gasteiger partial charge in [0.25, 0.3) is 0 Å². The van der Waals surface area contributed by atoms with E-state index in [2.05, 4.69) is 10.7 Å². The molecule has 3 aromatic carbocycles. The molecule has 0 saturated carbocycles. The Morgan fingerprint density at radius 1 is 0.848 bits per heavy atom. The zero-order chi connectivity index (χ0) is 23.8. The van der Waals surface area contributed by atoms with E-state index < -0.39 is 24.6 Å². The van der Waals surface area contributed by atoms with Gasteiger partial charge in [-0.2, -0.15) is 8.78 Å². The van der Waals surface area contributed by atoms with Gasteiger partial charge in [-0.25, -0.2) is 0 Å². The number of terminal acetylenes is 1. The van der Waals surface area contributed by atoms with Gasteiger partial charge in [0, 0.05) is 5.56 Å². The Kier molecular flexibility index (Phi) is 8.04. The van der Waals surface area contributed by atoms with Crippen molar-refractivity contribution in [1.29, 1.82) is 0 Å². The first-order valence-electron chi connectivity index (χ1n) is 10.4. The van der Waals surface area contributed by atoms with Crippen LogP contribution in [0.1, 0.15) is 37.0 Å². The minimum atomic E-state index is -2.92. The highest BCUT2D eigenvalue weighted by molar-refractivity contribution is 5.79. The number of alkyl halides is 2. The fourth-order valence-electron chi connectivity index (χ4n) is 3.40. The molecule has 33 heavy (non-hydrogen) atoms. The molecular formula is C27H24F2O4. The summed E-state index contributed by atoms with van der Waals surface area (Å²) in [6.07, 6.45) is 4.76. The van der Waals surface area contributed by atoms with Gasteiger partial charge in [0.2, 0.25) is 0 Å².